The lowest BCUT2D eigenvalue weighted by molar-refractivity contribution is -0.151. The summed E-state index contributed by atoms with van der Waals surface area (Å²) in [6, 6.07) is 0. The third kappa shape index (κ3) is 3.58. The van der Waals surface area contributed by atoms with Crippen LogP contribution in [0.1, 0.15) is 13.8 Å². The molecule has 0 aromatic rings. The molecule has 0 saturated carbocycles. The van der Waals surface area contributed by atoms with Crippen molar-refractivity contribution in [2.75, 3.05) is 0 Å². The van der Waals surface area contributed by atoms with E-state index in [1.54, 1.807) is 0 Å². The zero-order valence-electron chi connectivity index (χ0n) is 7.73. The Bertz CT molecular complexity index is 330. The van der Waals surface area contributed by atoms with Crippen LogP contribution >= 0.6 is 0 Å². The molecule has 6 nitrogen and oxygen atoms in total. The second kappa shape index (κ2) is 4.87. The van der Waals surface area contributed by atoms with E-state index in [0.29, 0.717) is 0 Å². The number of hydrogen-bond donors (Lipinski definition) is 0. The molecule has 0 unspecified atom stereocenters. The van der Waals surface area contributed by atoms with Gasteiger partial charge >= 0.3 is 11.8 Å². The van der Waals surface area contributed by atoms with Gasteiger partial charge in [-0.1, -0.05) is 6.58 Å². The fourth-order valence-electron chi connectivity index (χ4n) is 0.503. The third-order valence-electron chi connectivity index (χ3n) is 1.14. The second-order valence-corrected chi connectivity index (χ2v) is 2.51. The van der Waals surface area contributed by atoms with E-state index < -0.39 is 11.8 Å². The van der Waals surface area contributed by atoms with Crippen LogP contribution in [-0.4, -0.2) is 24.0 Å². The summed E-state index contributed by atoms with van der Waals surface area (Å²) in [4.78, 5) is 37.0. The number of ether oxygens (including phenoxy) is 1. The fraction of sp³-hybridized carbons (Fsp3) is 0.375. The van der Waals surface area contributed by atoms with E-state index in [-0.39, 0.29) is 5.57 Å². The van der Waals surface area contributed by atoms with Gasteiger partial charge in [0.05, 0.1) is 0 Å². The summed E-state index contributed by atoms with van der Waals surface area (Å²) >= 11 is 0. The van der Waals surface area contributed by atoms with Gasteiger partial charge in [0.15, 0.2) is 0 Å². The van der Waals surface area contributed by atoms with E-state index in [0.717, 1.165) is 19.1 Å². The normalized spacial score (nSPS) is 12.7. The van der Waals surface area contributed by atoms with Crippen molar-refractivity contribution < 1.29 is 19.1 Å². The van der Waals surface area contributed by atoms with Crippen molar-refractivity contribution >= 4 is 18.1 Å². The molecule has 0 aliphatic heterocycles. The van der Waals surface area contributed by atoms with Crippen LogP contribution in [0.4, 0.5) is 0 Å². The van der Waals surface area contributed by atoms with Gasteiger partial charge in [0, 0.05) is 12.5 Å². The summed E-state index contributed by atoms with van der Waals surface area (Å²) in [6.07, 6.45) is 2.27. The minimum absolute atomic E-state index is 0.0958. The number of rotatable bonds is 4. The molecule has 0 radical (unpaired) electrons. The van der Waals surface area contributed by atoms with E-state index >= 15 is 0 Å². The summed E-state index contributed by atoms with van der Waals surface area (Å²) in [7, 11) is 0. The highest BCUT2D eigenvalue weighted by molar-refractivity contribution is 5.87. The topological polar surface area (TPSA) is 85.2 Å². The number of nitrogens with zero attached hydrogens (tertiary/aromatic N) is 2. The number of carbonyl (C=O) groups is 1. The molecule has 0 bridgehead atoms. The van der Waals surface area contributed by atoms with E-state index in [1.807, 2.05) is 0 Å². The summed E-state index contributed by atoms with van der Waals surface area (Å²) in [5.74, 6) is -2.72. The molecule has 74 valence electrons. The van der Waals surface area contributed by atoms with Crippen LogP contribution in [0.3, 0.4) is 0 Å². The summed E-state index contributed by atoms with van der Waals surface area (Å²) < 4.78 is 4.58. The molecule has 0 spiro atoms. The van der Waals surface area contributed by atoms with Crippen molar-refractivity contribution in [3.8, 4) is 0 Å². The molecule has 0 saturated heterocycles. The maximum absolute atomic E-state index is 11.0. The van der Waals surface area contributed by atoms with Gasteiger partial charge in [0.25, 0.3) is 0 Å². The quantitative estimate of drug-likeness (QED) is 0.283. The highest BCUT2D eigenvalue weighted by Crippen LogP contribution is 2.14. The van der Waals surface area contributed by atoms with Crippen LogP contribution in [0, 0.1) is 0 Å². The average molecular weight is 196 g/mol. The first-order valence-electron chi connectivity index (χ1n) is 3.52. The molecule has 6 heteroatoms. The molecule has 0 amide bonds. The molecule has 14 heavy (non-hydrogen) atoms. The van der Waals surface area contributed by atoms with Gasteiger partial charge in [-0.15, -0.1) is 9.98 Å². The third-order valence-corrected chi connectivity index (χ3v) is 1.14. The average Bonchev–Trinajstić information content (AvgIpc) is 2.04. The van der Waals surface area contributed by atoms with Crippen LogP contribution < -0.4 is 0 Å². The van der Waals surface area contributed by atoms with Crippen molar-refractivity contribution in [3.63, 3.8) is 0 Å². The fourth-order valence-corrected chi connectivity index (χ4v) is 0.503. The summed E-state index contributed by atoms with van der Waals surface area (Å²) in [5, 5.41) is 0. The Morgan fingerprint density at radius 3 is 2.07 bits per heavy atom. The molecule has 0 aliphatic rings. The molecule has 0 rings (SSSR count). The van der Waals surface area contributed by atoms with Crippen LogP contribution in [0.25, 0.3) is 0 Å². The smallest absolute Gasteiger partial charge is 0.336 e. The first-order valence-corrected chi connectivity index (χ1v) is 3.52. The Morgan fingerprint density at radius 1 is 1.36 bits per heavy atom. The Morgan fingerprint density at radius 2 is 1.79 bits per heavy atom. The first-order chi connectivity index (χ1) is 6.45. The molecular weight excluding hydrogens is 188 g/mol. The first kappa shape index (κ1) is 12.0. The van der Waals surface area contributed by atoms with Gasteiger partial charge in [0.1, 0.15) is 0 Å². The molecule has 0 N–H and O–H groups in total. The predicted octanol–water partition coefficient (Wildman–Crippen LogP) is 0.451. The van der Waals surface area contributed by atoms with E-state index in [2.05, 4.69) is 21.3 Å². The number of carbonyl (C=O) groups excluding carboxylic acids is 3. The van der Waals surface area contributed by atoms with Gasteiger partial charge in [-0.3, -0.25) is 0 Å². The van der Waals surface area contributed by atoms with Gasteiger partial charge in [-0.25, -0.2) is 14.4 Å². The number of aliphatic imine (C=N–C) groups is 2. The SMILES string of the molecule is C=C(C)C(=O)OC(C)(N=C=O)N=C=O. The second-order valence-electron chi connectivity index (χ2n) is 2.51. The van der Waals surface area contributed by atoms with Crippen molar-refractivity contribution in [1.29, 1.82) is 0 Å². The molecule has 0 heterocycles. The van der Waals surface area contributed by atoms with Gasteiger partial charge in [-0.05, 0) is 6.92 Å². The lowest BCUT2D eigenvalue weighted by Crippen LogP contribution is -2.27. The van der Waals surface area contributed by atoms with E-state index in [9.17, 15) is 14.4 Å². The molecular formula is C8H8N2O4. The minimum Gasteiger partial charge on any atom is -0.412 e. The lowest BCUT2D eigenvalue weighted by Gasteiger charge is -2.16. The van der Waals surface area contributed by atoms with E-state index in [1.165, 1.54) is 6.92 Å². The Hall–Kier alpha value is -2.03. The monoisotopic (exact) mass is 196 g/mol. The van der Waals surface area contributed by atoms with Gasteiger partial charge in [0.2, 0.25) is 12.2 Å². The highest BCUT2D eigenvalue weighted by atomic mass is 16.6. The van der Waals surface area contributed by atoms with Crippen LogP contribution in [0.2, 0.25) is 0 Å². The Balaban J connectivity index is 4.86. The summed E-state index contributed by atoms with van der Waals surface area (Å²) in [5.41, 5.74) is 0.0958. The van der Waals surface area contributed by atoms with E-state index in [4.69, 9.17) is 0 Å². The van der Waals surface area contributed by atoms with Crippen molar-refractivity contribution in [3.05, 3.63) is 12.2 Å². The Labute approximate surface area is 80.0 Å². The standard InChI is InChI=1S/C8H8N2O4/c1-6(2)7(13)14-8(3,9-4-11)10-5-12/h1H2,2-3H3. The zero-order chi connectivity index (χ0) is 11.2. The maximum atomic E-state index is 11.0. The number of isocyanates is 2. The highest BCUT2D eigenvalue weighted by Gasteiger charge is 2.27. The number of esters is 1. The predicted molar refractivity (Wildman–Crippen MR) is 45.6 cm³/mol. The van der Waals surface area contributed by atoms with Crippen LogP contribution in [-0.2, 0) is 19.1 Å². The Kier molecular flexibility index (Phi) is 4.16. The van der Waals surface area contributed by atoms with Crippen LogP contribution in [0.5, 0.6) is 0 Å². The van der Waals surface area contributed by atoms with Crippen LogP contribution in [0.15, 0.2) is 22.1 Å². The molecule has 0 fully saturated rings. The van der Waals surface area contributed by atoms with Crippen molar-refractivity contribution in [1.82, 2.24) is 0 Å². The summed E-state index contributed by atoms with van der Waals surface area (Å²) in [6.45, 7) is 5.85. The molecule has 0 atom stereocenters. The number of hydrogen-bond acceptors (Lipinski definition) is 6. The van der Waals surface area contributed by atoms with Crippen molar-refractivity contribution in [2.45, 2.75) is 19.7 Å². The maximum Gasteiger partial charge on any atom is 0.336 e. The van der Waals surface area contributed by atoms with Crippen molar-refractivity contribution in [2.24, 2.45) is 9.98 Å². The minimum atomic E-state index is -1.90. The largest absolute Gasteiger partial charge is 0.412 e. The molecule has 0 aromatic heterocycles. The van der Waals surface area contributed by atoms with Gasteiger partial charge < -0.3 is 4.74 Å². The molecule has 0 aliphatic carbocycles. The molecule has 0 aromatic carbocycles. The lowest BCUT2D eigenvalue weighted by atomic mass is 10.3. The van der Waals surface area contributed by atoms with Gasteiger partial charge in [-0.2, -0.15) is 0 Å². The zero-order valence-corrected chi connectivity index (χ0v) is 7.73.